The number of halogens is 6. The van der Waals surface area contributed by atoms with Crippen molar-refractivity contribution < 1.29 is 26.3 Å². The van der Waals surface area contributed by atoms with E-state index in [0.717, 1.165) is 75.3 Å². The lowest BCUT2D eigenvalue weighted by Crippen LogP contribution is -2.12. The van der Waals surface area contributed by atoms with E-state index in [1.807, 2.05) is 0 Å². The lowest BCUT2D eigenvalue weighted by atomic mass is 9.97. The molecule has 4 rings (SSSR count). The minimum absolute atomic E-state index is 0.124. The maximum atomic E-state index is 13.9. The minimum Gasteiger partial charge on any atom is -0.166 e. The Bertz CT molecular complexity index is 1200. The van der Waals surface area contributed by atoms with Gasteiger partial charge in [-0.25, -0.2) is 0 Å². The zero-order valence-corrected chi connectivity index (χ0v) is 23.0. The standard InChI is InChI=1S/C32H32F6S/c1-3-23-25(15-13-21-9-5-6-10-21)29(19-17-27(23)31(33,34)35)39-30-20-18-28(32(36,37)38)24(4-2)26(30)16-14-22-11-7-8-12-22/h17-22H,3-12H2,1-2H3. The molecule has 2 saturated carbocycles. The van der Waals surface area contributed by atoms with Crippen LogP contribution < -0.4 is 0 Å². The van der Waals surface area contributed by atoms with Crippen LogP contribution in [-0.4, -0.2) is 0 Å². The van der Waals surface area contributed by atoms with Crippen molar-refractivity contribution in [1.82, 2.24) is 0 Å². The van der Waals surface area contributed by atoms with Crippen molar-refractivity contribution in [2.45, 2.75) is 100 Å². The van der Waals surface area contributed by atoms with Gasteiger partial charge in [-0.15, -0.1) is 0 Å². The van der Waals surface area contributed by atoms with Crippen molar-refractivity contribution in [3.05, 3.63) is 57.6 Å². The van der Waals surface area contributed by atoms with Gasteiger partial charge in [-0.05, 0) is 73.9 Å². The van der Waals surface area contributed by atoms with Gasteiger partial charge in [-0.1, -0.05) is 75.0 Å². The topological polar surface area (TPSA) is 0 Å². The van der Waals surface area contributed by atoms with Crippen molar-refractivity contribution >= 4 is 11.8 Å². The summed E-state index contributed by atoms with van der Waals surface area (Å²) >= 11 is 1.16. The third kappa shape index (κ3) is 6.98. The highest BCUT2D eigenvalue weighted by atomic mass is 32.2. The van der Waals surface area contributed by atoms with Crippen LogP contribution in [0.5, 0.6) is 0 Å². The Morgan fingerprint density at radius 2 is 1.00 bits per heavy atom. The van der Waals surface area contributed by atoms with Crippen LogP contribution in [0.25, 0.3) is 0 Å². The molecule has 0 amide bonds. The summed E-state index contributed by atoms with van der Waals surface area (Å²) in [5.41, 5.74) is -0.548. The van der Waals surface area contributed by atoms with E-state index in [4.69, 9.17) is 0 Å². The van der Waals surface area contributed by atoms with E-state index in [0.29, 0.717) is 20.9 Å². The molecule has 0 heterocycles. The van der Waals surface area contributed by atoms with E-state index in [2.05, 4.69) is 23.7 Å². The Labute approximate surface area is 231 Å². The third-order valence-corrected chi connectivity index (χ3v) is 8.72. The van der Waals surface area contributed by atoms with Crippen molar-refractivity contribution in [2.75, 3.05) is 0 Å². The van der Waals surface area contributed by atoms with Crippen molar-refractivity contribution in [3.63, 3.8) is 0 Å². The molecular formula is C32H32F6S. The van der Waals surface area contributed by atoms with Crippen molar-refractivity contribution in [1.29, 1.82) is 0 Å². The first-order chi connectivity index (χ1) is 18.5. The first kappa shape index (κ1) is 29.5. The summed E-state index contributed by atoms with van der Waals surface area (Å²) < 4.78 is 83.4. The maximum absolute atomic E-state index is 13.9. The molecule has 2 aromatic rings. The Kier molecular flexibility index (Phi) is 9.33. The molecule has 0 saturated heterocycles. The van der Waals surface area contributed by atoms with Crippen LogP contribution in [0.3, 0.4) is 0 Å². The van der Waals surface area contributed by atoms with Crippen molar-refractivity contribution in [3.8, 4) is 23.7 Å². The third-order valence-electron chi connectivity index (χ3n) is 7.60. The predicted octanol–water partition coefficient (Wildman–Crippen LogP) is 10.1. The van der Waals surface area contributed by atoms with Crippen LogP contribution in [0.15, 0.2) is 34.1 Å². The molecule has 0 radical (unpaired) electrons. The monoisotopic (exact) mass is 562 g/mol. The summed E-state index contributed by atoms with van der Waals surface area (Å²) in [5, 5.41) is 0. The van der Waals surface area contributed by atoms with Gasteiger partial charge in [-0.2, -0.15) is 26.3 Å². The summed E-state index contributed by atoms with van der Waals surface area (Å²) in [7, 11) is 0. The highest BCUT2D eigenvalue weighted by Gasteiger charge is 2.36. The number of rotatable bonds is 4. The molecule has 0 spiro atoms. The van der Waals surface area contributed by atoms with Gasteiger partial charge < -0.3 is 0 Å². The maximum Gasteiger partial charge on any atom is 0.416 e. The van der Waals surface area contributed by atoms with E-state index < -0.39 is 23.5 Å². The average molecular weight is 563 g/mol. The van der Waals surface area contributed by atoms with Crippen LogP contribution >= 0.6 is 11.8 Å². The fourth-order valence-electron chi connectivity index (χ4n) is 5.57. The molecule has 208 valence electrons. The second kappa shape index (κ2) is 12.3. The lowest BCUT2D eigenvalue weighted by Gasteiger charge is -2.19. The van der Waals surface area contributed by atoms with E-state index >= 15 is 0 Å². The van der Waals surface area contributed by atoms with E-state index in [1.54, 1.807) is 13.8 Å². The number of benzene rings is 2. The van der Waals surface area contributed by atoms with Gasteiger partial charge >= 0.3 is 12.4 Å². The van der Waals surface area contributed by atoms with Gasteiger partial charge in [0.2, 0.25) is 0 Å². The Morgan fingerprint density at radius 1 is 0.641 bits per heavy atom. The highest BCUT2D eigenvalue weighted by molar-refractivity contribution is 7.99. The van der Waals surface area contributed by atoms with E-state index in [1.165, 1.54) is 12.1 Å². The summed E-state index contributed by atoms with van der Waals surface area (Å²) in [6, 6.07) is 4.94. The number of hydrogen-bond acceptors (Lipinski definition) is 1. The van der Waals surface area contributed by atoms with Crippen LogP contribution in [0.2, 0.25) is 0 Å². The van der Waals surface area contributed by atoms with Crippen LogP contribution in [0, 0.1) is 35.5 Å². The molecule has 0 nitrogen and oxygen atoms in total. The Hall–Kier alpha value is -2.51. The molecule has 0 N–H and O–H groups in total. The van der Waals surface area contributed by atoms with Gasteiger partial charge in [0.1, 0.15) is 0 Å². The second-order valence-corrected chi connectivity index (χ2v) is 11.3. The van der Waals surface area contributed by atoms with Crippen LogP contribution in [0.1, 0.15) is 98.6 Å². The fraction of sp³-hybridized carbons (Fsp3) is 0.500. The minimum atomic E-state index is -4.53. The molecule has 39 heavy (non-hydrogen) atoms. The quantitative estimate of drug-likeness (QED) is 0.264. The normalized spacial score (nSPS) is 16.6. The molecule has 0 aliphatic heterocycles. The van der Waals surface area contributed by atoms with Crippen LogP contribution in [0.4, 0.5) is 26.3 Å². The first-order valence-electron chi connectivity index (χ1n) is 13.7. The summed E-state index contributed by atoms with van der Waals surface area (Å²) in [6.07, 6.45) is -0.858. The van der Waals surface area contributed by atoms with Gasteiger partial charge in [0.15, 0.2) is 0 Å². The van der Waals surface area contributed by atoms with Gasteiger partial charge in [0, 0.05) is 32.8 Å². The zero-order chi connectivity index (χ0) is 28.2. The van der Waals surface area contributed by atoms with Gasteiger partial charge in [-0.3, -0.25) is 0 Å². The summed E-state index contributed by atoms with van der Waals surface area (Å²) in [4.78, 5) is 1.02. The summed E-state index contributed by atoms with van der Waals surface area (Å²) in [6.45, 7) is 3.34. The molecule has 2 aromatic carbocycles. The molecular weight excluding hydrogens is 530 g/mol. The predicted molar refractivity (Wildman–Crippen MR) is 143 cm³/mol. The molecule has 0 atom stereocenters. The summed E-state index contributed by atoms with van der Waals surface area (Å²) in [5.74, 6) is 12.9. The molecule has 7 heteroatoms. The number of alkyl halides is 6. The molecule has 0 aromatic heterocycles. The molecule has 2 fully saturated rings. The highest BCUT2D eigenvalue weighted by Crippen LogP contribution is 2.43. The average Bonchev–Trinajstić information content (AvgIpc) is 3.59. The first-order valence-corrected chi connectivity index (χ1v) is 14.5. The zero-order valence-electron chi connectivity index (χ0n) is 22.2. The molecule has 2 aliphatic carbocycles. The van der Waals surface area contributed by atoms with Crippen molar-refractivity contribution in [2.24, 2.45) is 11.8 Å². The van der Waals surface area contributed by atoms with Gasteiger partial charge in [0.05, 0.1) is 11.1 Å². The Morgan fingerprint density at radius 3 is 1.31 bits per heavy atom. The number of hydrogen-bond donors (Lipinski definition) is 0. The van der Waals surface area contributed by atoms with Gasteiger partial charge in [0.25, 0.3) is 0 Å². The van der Waals surface area contributed by atoms with Crippen LogP contribution in [-0.2, 0) is 25.2 Å². The fourth-order valence-corrected chi connectivity index (χ4v) is 6.63. The Balaban J connectivity index is 1.87. The van der Waals surface area contributed by atoms with E-state index in [9.17, 15) is 26.3 Å². The molecule has 2 aliphatic rings. The smallest absolute Gasteiger partial charge is 0.166 e. The SMILES string of the molecule is CCc1c(C(F)(F)F)ccc(Sc2ccc(C(F)(F)F)c(CC)c2C#CC2CCCC2)c1C#CC1CCCC1. The van der Waals surface area contributed by atoms with E-state index in [-0.39, 0.29) is 35.8 Å². The molecule has 0 unspecified atom stereocenters. The largest absolute Gasteiger partial charge is 0.416 e. The lowest BCUT2D eigenvalue weighted by molar-refractivity contribution is -0.139. The second-order valence-electron chi connectivity index (χ2n) is 10.2. The molecule has 0 bridgehead atoms.